The molecule has 0 aromatic carbocycles. The van der Waals surface area contributed by atoms with Gasteiger partial charge in [0.2, 0.25) is 0 Å². The molecule has 0 amide bonds. The van der Waals surface area contributed by atoms with Crippen LogP contribution in [0.2, 0.25) is 0 Å². The highest BCUT2D eigenvalue weighted by Crippen LogP contribution is 2.28. The molecule has 1 heterocycles. The van der Waals surface area contributed by atoms with Crippen molar-refractivity contribution in [3.05, 3.63) is 11.6 Å². The van der Waals surface area contributed by atoms with Crippen LogP contribution in [0.25, 0.3) is 0 Å². The minimum atomic E-state index is 0.489. The number of aryl methyl sites for hydroxylation is 1. The normalized spacial score (nSPS) is 21.0. The number of thioether (sulfide) groups is 1. The molecule has 1 fully saturated rings. The van der Waals surface area contributed by atoms with E-state index in [2.05, 4.69) is 39.5 Å². The average molecular weight is 383 g/mol. The van der Waals surface area contributed by atoms with Gasteiger partial charge in [-0.1, -0.05) is 13.3 Å². The lowest BCUT2D eigenvalue weighted by molar-refractivity contribution is 0.195. The van der Waals surface area contributed by atoms with Crippen molar-refractivity contribution < 1.29 is 4.74 Å². The lowest BCUT2D eigenvalue weighted by atomic mass is 9.95. The summed E-state index contributed by atoms with van der Waals surface area (Å²) >= 11 is 2.08. The second-order valence-corrected chi connectivity index (χ2v) is 8.32. The number of aliphatic imine (C=N–C) groups is 1. The molecule has 1 aromatic rings. The number of hydrogen-bond donors (Lipinski definition) is 2. The van der Waals surface area contributed by atoms with E-state index in [1.165, 1.54) is 31.4 Å². The molecule has 1 aromatic heterocycles. The van der Waals surface area contributed by atoms with Crippen molar-refractivity contribution in [2.75, 3.05) is 26.0 Å². The maximum Gasteiger partial charge on any atom is 0.191 e. The topological polar surface area (TPSA) is 76.4 Å². The zero-order valence-electron chi connectivity index (χ0n) is 16.6. The minimum Gasteiger partial charge on any atom is -0.385 e. The molecule has 8 heteroatoms. The third-order valence-corrected chi connectivity index (χ3v) is 5.98. The Morgan fingerprint density at radius 2 is 2.23 bits per heavy atom. The Morgan fingerprint density at radius 3 is 2.92 bits per heavy atom. The van der Waals surface area contributed by atoms with Gasteiger partial charge in [0.05, 0.1) is 0 Å². The first-order valence-corrected chi connectivity index (χ1v) is 10.7. The van der Waals surface area contributed by atoms with Gasteiger partial charge in [-0.15, -0.1) is 10.2 Å². The number of hydrogen-bond acceptors (Lipinski definition) is 5. The Balaban J connectivity index is 1.95. The average Bonchev–Trinajstić information content (AvgIpc) is 2.95. The highest BCUT2D eigenvalue weighted by atomic mass is 32.2. The standard InChI is InChI=1S/C18H34N6OS/c1-5-26-16-9-6-8-15(12-16)21-18(19-10-7-11-25-4)20-13-17-23-22-14(2)24(17)3/h15-16H,5-13H2,1-4H3,(H2,19,20,21). The van der Waals surface area contributed by atoms with Crippen LogP contribution < -0.4 is 10.6 Å². The predicted octanol–water partition coefficient (Wildman–Crippen LogP) is 2.26. The fourth-order valence-corrected chi connectivity index (χ4v) is 4.34. The molecule has 0 bridgehead atoms. The molecule has 0 radical (unpaired) electrons. The van der Waals surface area contributed by atoms with Gasteiger partial charge in [-0.3, -0.25) is 0 Å². The van der Waals surface area contributed by atoms with E-state index in [-0.39, 0.29) is 0 Å². The first-order chi connectivity index (χ1) is 12.6. The fourth-order valence-electron chi connectivity index (χ4n) is 3.17. The van der Waals surface area contributed by atoms with Crippen molar-refractivity contribution in [2.45, 2.75) is 63.8 Å². The molecule has 1 aliphatic rings. The van der Waals surface area contributed by atoms with Gasteiger partial charge in [-0.25, -0.2) is 4.99 Å². The van der Waals surface area contributed by atoms with Gasteiger partial charge in [0.25, 0.3) is 0 Å². The summed E-state index contributed by atoms with van der Waals surface area (Å²) in [4.78, 5) is 4.75. The van der Waals surface area contributed by atoms with E-state index in [0.29, 0.717) is 12.6 Å². The quantitative estimate of drug-likeness (QED) is 0.388. The number of guanidine groups is 1. The summed E-state index contributed by atoms with van der Waals surface area (Å²) < 4.78 is 7.12. The van der Waals surface area contributed by atoms with Crippen molar-refractivity contribution in [1.29, 1.82) is 0 Å². The van der Waals surface area contributed by atoms with Gasteiger partial charge < -0.3 is 19.9 Å². The lowest BCUT2D eigenvalue weighted by Gasteiger charge is -2.30. The third-order valence-electron chi connectivity index (χ3n) is 4.75. The number of aromatic nitrogens is 3. The van der Waals surface area contributed by atoms with E-state index < -0.39 is 0 Å². The molecular weight excluding hydrogens is 348 g/mol. The van der Waals surface area contributed by atoms with E-state index in [1.807, 2.05) is 18.5 Å². The molecule has 2 N–H and O–H groups in total. The largest absolute Gasteiger partial charge is 0.385 e. The van der Waals surface area contributed by atoms with Crippen molar-refractivity contribution in [1.82, 2.24) is 25.4 Å². The van der Waals surface area contributed by atoms with Crippen molar-refractivity contribution in [2.24, 2.45) is 12.0 Å². The van der Waals surface area contributed by atoms with E-state index in [4.69, 9.17) is 9.73 Å². The monoisotopic (exact) mass is 382 g/mol. The fraction of sp³-hybridized carbons (Fsp3) is 0.833. The SMILES string of the molecule is CCSC1CCCC(NC(=NCc2nnc(C)n2C)NCCCOC)C1. The van der Waals surface area contributed by atoms with Crippen LogP contribution in [0.4, 0.5) is 0 Å². The molecular formula is C18H34N6OS. The Labute approximate surface area is 161 Å². The van der Waals surface area contributed by atoms with Gasteiger partial charge >= 0.3 is 0 Å². The lowest BCUT2D eigenvalue weighted by Crippen LogP contribution is -2.46. The van der Waals surface area contributed by atoms with Crippen molar-refractivity contribution >= 4 is 17.7 Å². The molecule has 148 valence electrons. The second-order valence-electron chi connectivity index (χ2n) is 6.75. The van der Waals surface area contributed by atoms with Crippen LogP contribution >= 0.6 is 11.8 Å². The van der Waals surface area contributed by atoms with Crippen LogP contribution in [0.1, 0.15) is 50.7 Å². The molecule has 26 heavy (non-hydrogen) atoms. The van der Waals surface area contributed by atoms with E-state index >= 15 is 0 Å². The Bertz CT molecular complexity index is 560. The molecule has 2 rings (SSSR count). The first-order valence-electron chi connectivity index (χ1n) is 9.64. The maximum atomic E-state index is 5.14. The van der Waals surface area contributed by atoms with Crippen molar-refractivity contribution in [3.8, 4) is 0 Å². The smallest absolute Gasteiger partial charge is 0.191 e. The van der Waals surface area contributed by atoms with Crippen LogP contribution in [0, 0.1) is 6.92 Å². The minimum absolute atomic E-state index is 0.489. The summed E-state index contributed by atoms with van der Waals surface area (Å²) in [5.74, 6) is 3.85. The van der Waals surface area contributed by atoms with Gasteiger partial charge in [0.15, 0.2) is 11.8 Å². The maximum absolute atomic E-state index is 5.14. The van der Waals surface area contributed by atoms with Gasteiger partial charge in [0, 0.05) is 38.6 Å². The summed E-state index contributed by atoms with van der Waals surface area (Å²) in [7, 11) is 3.71. The number of nitrogens with one attached hydrogen (secondary N) is 2. The molecule has 7 nitrogen and oxygen atoms in total. The van der Waals surface area contributed by atoms with Gasteiger partial charge in [0.1, 0.15) is 12.4 Å². The number of ether oxygens (including phenoxy) is 1. The molecule has 2 atom stereocenters. The first kappa shape index (κ1) is 21.0. The van der Waals surface area contributed by atoms with Crippen LogP contribution in [0.3, 0.4) is 0 Å². The Hall–Kier alpha value is -1.28. The van der Waals surface area contributed by atoms with Crippen molar-refractivity contribution in [3.63, 3.8) is 0 Å². The van der Waals surface area contributed by atoms with Gasteiger partial charge in [-0.05, 0) is 38.4 Å². The van der Waals surface area contributed by atoms with Gasteiger partial charge in [-0.2, -0.15) is 11.8 Å². The third kappa shape index (κ3) is 6.79. The number of rotatable bonds is 9. The summed E-state index contributed by atoms with van der Waals surface area (Å²) in [6.45, 7) is 6.32. The van der Waals surface area contributed by atoms with Crippen LogP contribution in [-0.2, 0) is 18.3 Å². The molecule has 2 unspecified atom stereocenters. The highest BCUT2D eigenvalue weighted by Gasteiger charge is 2.22. The zero-order valence-corrected chi connectivity index (χ0v) is 17.4. The summed E-state index contributed by atoms with van der Waals surface area (Å²) in [6.07, 6.45) is 6.00. The summed E-state index contributed by atoms with van der Waals surface area (Å²) in [6, 6.07) is 0.489. The predicted molar refractivity (Wildman–Crippen MR) is 109 cm³/mol. The summed E-state index contributed by atoms with van der Waals surface area (Å²) in [5, 5.41) is 16.2. The Morgan fingerprint density at radius 1 is 1.38 bits per heavy atom. The van der Waals surface area contributed by atoms with E-state index in [1.54, 1.807) is 7.11 Å². The number of methoxy groups -OCH3 is 1. The molecule has 0 saturated heterocycles. The van der Waals surface area contributed by atoms with Crippen LogP contribution in [0.15, 0.2) is 4.99 Å². The zero-order chi connectivity index (χ0) is 18.8. The molecule has 0 spiro atoms. The molecule has 1 saturated carbocycles. The van der Waals surface area contributed by atoms with E-state index in [9.17, 15) is 0 Å². The second kappa shape index (κ2) is 11.4. The van der Waals surface area contributed by atoms with Crippen LogP contribution in [0.5, 0.6) is 0 Å². The van der Waals surface area contributed by atoms with E-state index in [0.717, 1.165) is 42.4 Å². The number of nitrogens with zero attached hydrogens (tertiary/aromatic N) is 4. The molecule has 1 aliphatic carbocycles. The Kier molecular flexibility index (Phi) is 9.25. The molecule has 0 aliphatic heterocycles. The van der Waals surface area contributed by atoms with Crippen LogP contribution in [-0.4, -0.2) is 58.0 Å². The summed E-state index contributed by atoms with van der Waals surface area (Å²) in [5.41, 5.74) is 0. The highest BCUT2D eigenvalue weighted by molar-refractivity contribution is 7.99.